The molecule has 2 rings (SSSR count). The molecular formula is C13H15FN2O3. The summed E-state index contributed by atoms with van der Waals surface area (Å²) >= 11 is 0. The summed E-state index contributed by atoms with van der Waals surface area (Å²) in [6.45, 7) is 1.01. The Morgan fingerprint density at radius 3 is 2.89 bits per heavy atom. The van der Waals surface area contributed by atoms with Gasteiger partial charge in [-0.3, -0.25) is 9.59 Å². The molecule has 2 amide bonds. The average molecular weight is 266 g/mol. The SMILES string of the molecule is O=C(NC[C@H]1CCCO1)C(=O)Nc1cccc(F)c1. The van der Waals surface area contributed by atoms with E-state index in [4.69, 9.17) is 4.74 Å². The fourth-order valence-electron chi connectivity index (χ4n) is 1.85. The molecule has 1 saturated heterocycles. The van der Waals surface area contributed by atoms with Gasteiger partial charge in [0, 0.05) is 18.8 Å². The molecule has 5 nitrogen and oxygen atoms in total. The van der Waals surface area contributed by atoms with Gasteiger partial charge in [0.25, 0.3) is 0 Å². The maximum Gasteiger partial charge on any atom is 0.313 e. The van der Waals surface area contributed by atoms with Gasteiger partial charge in [0.1, 0.15) is 5.82 Å². The number of halogens is 1. The quantitative estimate of drug-likeness (QED) is 0.804. The Balaban J connectivity index is 1.80. The van der Waals surface area contributed by atoms with Crippen LogP contribution in [0.1, 0.15) is 12.8 Å². The lowest BCUT2D eigenvalue weighted by Gasteiger charge is -2.10. The molecule has 6 heteroatoms. The van der Waals surface area contributed by atoms with Gasteiger partial charge < -0.3 is 15.4 Å². The molecule has 0 spiro atoms. The van der Waals surface area contributed by atoms with E-state index >= 15 is 0 Å². The molecule has 102 valence electrons. The van der Waals surface area contributed by atoms with E-state index in [1.807, 2.05) is 0 Å². The summed E-state index contributed by atoms with van der Waals surface area (Å²) in [5.41, 5.74) is 0.247. The predicted molar refractivity (Wildman–Crippen MR) is 67.0 cm³/mol. The molecule has 1 atom stereocenters. The number of hydrogen-bond acceptors (Lipinski definition) is 3. The molecule has 0 bridgehead atoms. The van der Waals surface area contributed by atoms with Gasteiger partial charge in [0.05, 0.1) is 6.10 Å². The van der Waals surface area contributed by atoms with Gasteiger partial charge in [-0.15, -0.1) is 0 Å². The highest BCUT2D eigenvalue weighted by Gasteiger charge is 2.19. The van der Waals surface area contributed by atoms with Crippen molar-refractivity contribution < 1.29 is 18.7 Å². The highest BCUT2D eigenvalue weighted by atomic mass is 19.1. The molecule has 0 radical (unpaired) electrons. The molecule has 0 unspecified atom stereocenters. The molecule has 1 aliphatic rings. The lowest BCUT2D eigenvalue weighted by molar-refractivity contribution is -0.136. The summed E-state index contributed by atoms with van der Waals surface area (Å²) in [5.74, 6) is -2.04. The zero-order chi connectivity index (χ0) is 13.7. The summed E-state index contributed by atoms with van der Waals surface area (Å²) in [7, 11) is 0. The zero-order valence-corrected chi connectivity index (χ0v) is 10.3. The molecule has 0 aliphatic carbocycles. The summed E-state index contributed by atoms with van der Waals surface area (Å²) < 4.78 is 18.2. The molecule has 0 saturated carbocycles. The van der Waals surface area contributed by atoms with Gasteiger partial charge in [-0.25, -0.2) is 4.39 Å². The van der Waals surface area contributed by atoms with Crippen LogP contribution >= 0.6 is 0 Å². The summed E-state index contributed by atoms with van der Waals surface area (Å²) in [6, 6.07) is 5.36. The van der Waals surface area contributed by atoms with Gasteiger partial charge in [-0.1, -0.05) is 6.07 Å². The van der Waals surface area contributed by atoms with Crippen LogP contribution in [0.2, 0.25) is 0 Å². The number of carbonyl (C=O) groups excluding carboxylic acids is 2. The first-order chi connectivity index (χ1) is 9.15. The molecule has 1 aromatic carbocycles. The van der Waals surface area contributed by atoms with Crippen LogP contribution in [0.15, 0.2) is 24.3 Å². The third-order valence-electron chi connectivity index (χ3n) is 2.80. The first kappa shape index (κ1) is 13.5. The Labute approximate surface area is 110 Å². The second kappa shape index (κ2) is 6.29. The number of carbonyl (C=O) groups is 2. The standard InChI is InChI=1S/C13H15FN2O3/c14-9-3-1-4-10(7-9)16-13(18)12(17)15-8-11-5-2-6-19-11/h1,3-4,7,11H,2,5-6,8H2,(H,15,17)(H,16,18)/t11-/m1/s1. The normalized spacial score (nSPS) is 18.1. The highest BCUT2D eigenvalue weighted by Crippen LogP contribution is 2.11. The maximum absolute atomic E-state index is 12.9. The van der Waals surface area contributed by atoms with E-state index in [0.717, 1.165) is 18.9 Å². The van der Waals surface area contributed by atoms with E-state index in [9.17, 15) is 14.0 Å². The molecule has 1 aliphatic heterocycles. The van der Waals surface area contributed by atoms with Crippen molar-refractivity contribution in [1.29, 1.82) is 0 Å². The Morgan fingerprint density at radius 2 is 2.21 bits per heavy atom. The van der Waals surface area contributed by atoms with Crippen LogP contribution in [-0.2, 0) is 14.3 Å². The molecule has 2 N–H and O–H groups in total. The van der Waals surface area contributed by atoms with Gasteiger partial charge in [0.2, 0.25) is 0 Å². The van der Waals surface area contributed by atoms with E-state index in [1.165, 1.54) is 18.2 Å². The average Bonchev–Trinajstić information content (AvgIpc) is 2.89. The van der Waals surface area contributed by atoms with Crippen molar-refractivity contribution in [3.63, 3.8) is 0 Å². The number of rotatable bonds is 3. The van der Waals surface area contributed by atoms with Crippen LogP contribution in [0.5, 0.6) is 0 Å². The van der Waals surface area contributed by atoms with Crippen LogP contribution < -0.4 is 10.6 Å². The monoisotopic (exact) mass is 266 g/mol. The zero-order valence-electron chi connectivity index (χ0n) is 10.3. The first-order valence-corrected chi connectivity index (χ1v) is 6.11. The molecule has 1 fully saturated rings. The minimum absolute atomic E-state index is 0.0223. The number of anilines is 1. The second-order valence-electron chi connectivity index (χ2n) is 4.31. The fourth-order valence-corrected chi connectivity index (χ4v) is 1.85. The van der Waals surface area contributed by atoms with Crippen molar-refractivity contribution in [2.45, 2.75) is 18.9 Å². The first-order valence-electron chi connectivity index (χ1n) is 6.11. The smallest absolute Gasteiger partial charge is 0.313 e. The molecule has 1 heterocycles. The Morgan fingerprint density at radius 1 is 1.37 bits per heavy atom. The maximum atomic E-state index is 12.9. The Bertz CT molecular complexity index is 473. The fraction of sp³-hybridized carbons (Fsp3) is 0.385. The van der Waals surface area contributed by atoms with Gasteiger partial charge in [-0.05, 0) is 31.0 Å². The van der Waals surface area contributed by atoms with Crippen molar-refractivity contribution in [1.82, 2.24) is 5.32 Å². The number of amides is 2. The number of ether oxygens (including phenoxy) is 1. The van der Waals surface area contributed by atoms with Crippen molar-refractivity contribution in [2.75, 3.05) is 18.5 Å². The second-order valence-corrected chi connectivity index (χ2v) is 4.31. The minimum Gasteiger partial charge on any atom is -0.376 e. The number of hydrogen-bond donors (Lipinski definition) is 2. The van der Waals surface area contributed by atoms with Crippen LogP contribution in [0.25, 0.3) is 0 Å². The number of benzene rings is 1. The van der Waals surface area contributed by atoms with Gasteiger partial charge in [-0.2, -0.15) is 0 Å². The molecular weight excluding hydrogens is 251 g/mol. The lowest BCUT2D eigenvalue weighted by atomic mass is 10.2. The minimum atomic E-state index is -0.816. The van der Waals surface area contributed by atoms with Crippen LogP contribution in [-0.4, -0.2) is 31.1 Å². The Hall–Kier alpha value is -1.95. The van der Waals surface area contributed by atoms with Crippen molar-refractivity contribution in [3.8, 4) is 0 Å². The van der Waals surface area contributed by atoms with E-state index in [1.54, 1.807) is 0 Å². The summed E-state index contributed by atoms with van der Waals surface area (Å²) in [4.78, 5) is 23.1. The van der Waals surface area contributed by atoms with Crippen molar-refractivity contribution >= 4 is 17.5 Å². The molecule has 1 aromatic rings. The van der Waals surface area contributed by atoms with Crippen LogP contribution in [0.4, 0.5) is 10.1 Å². The molecule has 0 aromatic heterocycles. The van der Waals surface area contributed by atoms with Gasteiger partial charge in [0.15, 0.2) is 0 Å². The van der Waals surface area contributed by atoms with Crippen LogP contribution in [0.3, 0.4) is 0 Å². The predicted octanol–water partition coefficient (Wildman–Crippen LogP) is 1.06. The van der Waals surface area contributed by atoms with Crippen molar-refractivity contribution in [3.05, 3.63) is 30.1 Å². The lowest BCUT2D eigenvalue weighted by Crippen LogP contribution is -2.39. The van der Waals surface area contributed by atoms with Crippen molar-refractivity contribution in [2.24, 2.45) is 0 Å². The number of nitrogens with one attached hydrogen (secondary N) is 2. The van der Waals surface area contributed by atoms with Gasteiger partial charge >= 0.3 is 11.8 Å². The third kappa shape index (κ3) is 4.03. The summed E-state index contributed by atoms with van der Waals surface area (Å²) in [6.07, 6.45) is 1.83. The van der Waals surface area contributed by atoms with E-state index in [-0.39, 0.29) is 11.8 Å². The van der Waals surface area contributed by atoms with E-state index < -0.39 is 17.6 Å². The van der Waals surface area contributed by atoms with E-state index in [0.29, 0.717) is 13.2 Å². The third-order valence-corrected chi connectivity index (χ3v) is 2.80. The highest BCUT2D eigenvalue weighted by molar-refractivity contribution is 6.39. The summed E-state index contributed by atoms with van der Waals surface area (Å²) in [5, 5.41) is 4.82. The largest absolute Gasteiger partial charge is 0.376 e. The van der Waals surface area contributed by atoms with E-state index in [2.05, 4.69) is 10.6 Å². The Kier molecular flexibility index (Phi) is 4.46. The topological polar surface area (TPSA) is 67.4 Å². The molecule has 19 heavy (non-hydrogen) atoms. The van der Waals surface area contributed by atoms with Crippen LogP contribution in [0, 0.1) is 5.82 Å².